The Labute approximate surface area is 131 Å². The van der Waals surface area contributed by atoms with Crippen molar-refractivity contribution < 1.29 is 4.90 Å². The summed E-state index contributed by atoms with van der Waals surface area (Å²) in [4.78, 5) is 1.81. The van der Waals surface area contributed by atoms with Crippen LogP contribution in [0.5, 0.6) is 0 Å². The van der Waals surface area contributed by atoms with E-state index in [0.717, 1.165) is 11.6 Å². The third-order valence-corrected chi connectivity index (χ3v) is 5.74. The van der Waals surface area contributed by atoms with Gasteiger partial charge in [0.1, 0.15) is 6.04 Å². The fraction of sp³-hybridized carbons (Fsp3) is 0.556. The molecule has 1 N–H and O–H groups in total. The number of halogens is 1. The number of hydrogen-bond acceptors (Lipinski definition) is 0. The normalized spacial score (nSPS) is 24.3. The predicted molar refractivity (Wildman–Crippen MR) is 88.2 cm³/mol. The molecule has 1 aromatic carbocycles. The van der Waals surface area contributed by atoms with E-state index in [1.165, 1.54) is 56.1 Å². The lowest BCUT2D eigenvalue weighted by atomic mass is 9.89. The number of nitrogens with zero attached hydrogens (tertiary/aromatic N) is 1. The van der Waals surface area contributed by atoms with Gasteiger partial charge in [0.05, 0.1) is 35.9 Å². The van der Waals surface area contributed by atoms with Crippen LogP contribution in [0.4, 0.5) is 0 Å². The SMILES string of the molecule is CCCC[NH+]1CCn2c3c(c4cccc(Cl)c42)CCC[C@@H]31. The number of aryl methyl sites for hydroxylation is 1. The zero-order valence-electron chi connectivity index (χ0n) is 12.8. The van der Waals surface area contributed by atoms with Crippen LogP contribution in [0.3, 0.4) is 0 Å². The van der Waals surface area contributed by atoms with Gasteiger partial charge in [-0.15, -0.1) is 0 Å². The summed E-state index contributed by atoms with van der Waals surface area (Å²) < 4.78 is 2.55. The number of fused-ring (bicyclic) bond motifs is 3. The van der Waals surface area contributed by atoms with Gasteiger partial charge in [0.15, 0.2) is 0 Å². The highest BCUT2D eigenvalue weighted by atomic mass is 35.5. The van der Waals surface area contributed by atoms with Gasteiger partial charge >= 0.3 is 0 Å². The number of quaternary nitrogens is 1. The van der Waals surface area contributed by atoms with Crippen molar-refractivity contribution in [3.05, 3.63) is 34.5 Å². The molecule has 3 heteroatoms. The first-order valence-corrected chi connectivity index (χ1v) is 8.83. The van der Waals surface area contributed by atoms with Crippen molar-refractivity contribution in [1.29, 1.82) is 0 Å². The quantitative estimate of drug-likeness (QED) is 0.890. The predicted octanol–water partition coefficient (Wildman–Crippen LogP) is 3.37. The average Bonchev–Trinajstić information content (AvgIpc) is 2.84. The van der Waals surface area contributed by atoms with Crippen LogP contribution in [0.1, 0.15) is 49.9 Å². The molecule has 0 amide bonds. The summed E-state index contributed by atoms with van der Waals surface area (Å²) in [6.45, 7) is 6.01. The summed E-state index contributed by atoms with van der Waals surface area (Å²) >= 11 is 6.52. The van der Waals surface area contributed by atoms with Gasteiger partial charge in [-0.2, -0.15) is 0 Å². The first-order chi connectivity index (χ1) is 10.3. The van der Waals surface area contributed by atoms with Crippen molar-refractivity contribution in [2.24, 2.45) is 0 Å². The first-order valence-electron chi connectivity index (χ1n) is 8.45. The molecule has 2 nitrogen and oxygen atoms in total. The minimum Gasteiger partial charge on any atom is -0.332 e. The second-order valence-corrected chi connectivity index (χ2v) is 7.02. The summed E-state index contributed by atoms with van der Waals surface area (Å²) in [6.07, 6.45) is 6.57. The monoisotopic (exact) mass is 303 g/mol. The maximum atomic E-state index is 6.52. The Kier molecular flexibility index (Phi) is 3.47. The zero-order valence-corrected chi connectivity index (χ0v) is 13.5. The number of hydrogen-bond donors (Lipinski definition) is 1. The molecule has 0 spiro atoms. The molecule has 2 aliphatic rings. The molecule has 2 atom stereocenters. The summed E-state index contributed by atoms with van der Waals surface area (Å²) in [7, 11) is 0. The smallest absolute Gasteiger partial charge is 0.129 e. The molecule has 0 radical (unpaired) electrons. The van der Waals surface area contributed by atoms with Crippen molar-refractivity contribution in [1.82, 2.24) is 4.57 Å². The molecule has 2 aromatic rings. The number of rotatable bonds is 3. The summed E-state index contributed by atoms with van der Waals surface area (Å²) in [5.41, 5.74) is 4.50. The van der Waals surface area contributed by atoms with Gasteiger partial charge in [-0.05, 0) is 30.9 Å². The number of nitrogens with one attached hydrogen (secondary N) is 1. The number of para-hydroxylation sites is 1. The highest BCUT2D eigenvalue weighted by Gasteiger charge is 2.37. The fourth-order valence-corrected chi connectivity index (χ4v) is 4.77. The Hall–Kier alpha value is -0.990. The Bertz CT molecular complexity index is 673. The third kappa shape index (κ3) is 2.03. The van der Waals surface area contributed by atoms with Crippen LogP contribution in [0, 0.1) is 0 Å². The first kappa shape index (κ1) is 13.7. The lowest BCUT2D eigenvalue weighted by Gasteiger charge is -2.37. The minimum absolute atomic E-state index is 0.706. The van der Waals surface area contributed by atoms with Gasteiger partial charge in [-0.25, -0.2) is 0 Å². The third-order valence-electron chi connectivity index (χ3n) is 5.43. The molecule has 0 saturated heterocycles. The maximum Gasteiger partial charge on any atom is 0.129 e. The molecule has 1 aromatic heterocycles. The van der Waals surface area contributed by atoms with Crippen LogP contribution in [0.25, 0.3) is 10.9 Å². The van der Waals surface area contributed by atoms with Crippen LogP contribution in [-0.4, -0.2) is 17.7 Å². The van der Waals surface area contributed by atoms with E-state index in [4.69, 9.17) is 11.6 Å². The van der Waals surface area contributed by atoms with Crippen LogP contribution >= 0.6 is 11.6 Å². The van der Waals surface area contributed by atoms with E-state index in [9.17, 15) is 0 Å². The lowest BCUT2D eigenvalue weighted by Crippen LogP contribution is -3.13. The molecule has 112 valence electrons. The maximum absolute atomic E-state index is 6.52. The van der Waals surface area contributed by atoms with Crippen LogP contribution in [-0.2, 0) is 13.0 Å². The van der Waals surface area contributed by atoms with Gasteiger partial charge < -0.3 is 9.47 Å². The molecule has 4 rings (SSSR count). The van der Waals surface area contributed by atoms with E-state index < -0.39 is 0 Å². The van der Waals surface area contributed by atoms with E-state index in [-0.39, 0.29) is 0 Å². The van der Waals surface area contributed by atoms with Crippen molar-refractivity contribution in [3.63, 3.8) is 0 Å². The Balaban J connectivity index is 1.86. The zero-order chi connectivity index (χ0) is 14.4. The molecular weight excluding hydrogens is 280 g/mol. The second-order valence-electron chi connectivity index (χ2n) is 6.61. The van der Waals surface area contributed by atoms with Gasteiger partial charge in [-0.3, -0.25) is 0 Å². The lowest BCUT2D eigenvalue weighted by molar-refractivity contribution is -0.937. The van der Waals surface area contributed by atoms with Crippen molar-refractivity contribution in [3.8, 4) is 0 Å². The summed E-state index contributed by atoms with van der Waals surface area (Å²) in [6, 6.07) is 7.14. The average molecular weight is 304 g/mol. The number of benzene rings is 1. The molecule has 0 bridgehead atoms. The Morgan fingerprint density at radius 3 is 3.14 bits per heavy atom. The highest BCUT2D eigenvalue weighted by Crippen LogP contribution is 2.39. The van der Waals surface area contributed by atoms with E-state index in [0.29, 0.717) is 6.04 Å². The molecule has 0 saturated carbocycles. The van der Waals surface area contributed by atoms with Crippen LogP contribution < -0.4 is 4.90 Å². The molecule has 0 fully saturated rings. The largest absolute Gasteiger partial charge is 0.332 e. The standard InChI is InChI=1S/C18H23ClN2/c1-2-3-10-20-11-12-21-17-13(6-4-8-15(17)19)14-7-5-9-16(20)18(14)21/h4,6,8,16H,2-3,5,7,9-12H2,1H3/p+1/t16-/m0/s1. The topological polar surface area (TPSA) is 9.37 Å². The summed E-state index contributed by atoms with van der Waals surface area (Å²) in [5, 5.41) is 2.34. The van der Waals surface area contributed by atoms with E-state index in [2.05, 4.69) is 23.6 Å². The Morgan fingerprint density at radius 1 is 1.38 bits per heavy atom. The van der Waals surface area contributed by atoms with E-state index in [1.807, 2.05) is 11.0 Å². The van der Waals surface area contributed by atoms with Gasteiger partial charge in [-0.1, -0.05) is 37.1 Å². The molecule has 1 aliphatic heterocycles. The van der Waals surface area contributed by atoms with Gasteiger partial charge in [0.2, 0.25) is 0 Å². The summed E-state index contributed by atoms with van der Waals surface area (Å²) in [5.74, 6) is 0. The molecule has 21 heavy (non-hydrogen) atoms. The number of unbranched alkanes of at least 4 members (excludes halogenated alkanes) is 1. The van der Waals surface area contributed by atoms with Crippen molar-refractivity contribution in [2.45, 2.75) is 51.6 Å². The Morgan fingerprint density at radius 2 is 2.29 bits per heavy atom. The highest BCUT2D eigenvalue weighted by molar-refractivity contribution is 6.35. The van der Waals surface area contributed by atoms with Gasteiger partial charge in [0, 0.05) is 11.8 Å². The second kappa shape index (κ2) is 5.33. The molecule has 1 unspecified atom stereocenters. The van der Waals surface area contributed by atoms with Crippen molar-refractivity contribution >= 4 is 22.5 Å². The molecule has 1 aliphatic carbocycles. The molecular formula is C18H24ClN2+. The fourth-order valence-electron chi connectivity index (χ4n) is 4.50. The molecule has 2 heterocycles. The number of aromatic nitrogens is 1. The van der Waals surface area contributed by atoms with Crippen LogP contribution in [0.15, 0.2) is 18.2 Å². The van der Waals surface area contributed by atoms with Crippen molar-refractivity contribution in [2.75, 3.05) is 13.1 Å². The van der Waals surface area contributed by atoms with Crippen LogP contribution in [0.2, 0.25) is 5.02 Å². The van der Waals surface area contributed by atoms with E-state index >= 15 is 0 Å². The van der Waals surface area contributed by atoms with Gasteiger partial charge in [0.25, 0.3) is 0 Å². The van der Waals surface area contributed by atoms with E-state index in [1.54, 1.807) is 11.3 Å². The minimum atomic E-state index is 0.706.